The van der Waals surface area contributed by atoms with Crippen molar-refractivity contribution < 1.29 is 4.74 Å². The van der Waals surface area contributed by atoms with Crippen molar-refractivity contribution in [2.24, 2.45) is 5.73 Å². The van der Waals surface area contributed by atoms with Gasteiger partial charge in [-0.3, -0.25) is 0 Å². The Hall–Kier alpha value is -0.380. The molecule has 0 amide bonds. The Kier molecular flexibility index (Phi) is 5.29. The third kappa shape index (κ3) is 3.59. The SMILES string of the molecule is CCSCC(N)c1cc(Cl)ccc1OC. The Labute approximate surface area is 100 Å². The Balaban J connectivity index is 2.85. The fraction of sp³-hybridized carbons (Fsp3) is 0.455. The monoisotopic (exact) mass is 245 g/mol. The average molecular weight is 246 g/mol. The van der Waals surface area contributed by atoms with Crippen molar-refractivity contribution >= 4 is 23.4 Å². The van der Waals surface area contributed by atoms with Gasteiger partial charge in [-0.05, 0) is 24.0 Å². The summed E-state index contributed by atoms with van der Waals surface area (Å²) in [5, 5.41) is 0.697. The summed E-state index contributed by atoms with van der Waals surface area (Å²) in [7, 11) is 1.65. The van der Waals surface area contributed by atoms with Crippen LogP contribution in [0, 0.1) is 0 Å². The molecule has 1 rings (SSSR count). The minimum atomic E-state index is -0.0244. The Bertz CT molecular complexity index is 319. The normalized spacial score (nSPS) is 12.5. The zero-order chi connectivity index (χ0) is 11.3. The van der Waals surface area contributed by atoms with Crippen LogP contribution in [0.25, 0.3) is 0 Å². The highest BCUT2D eigenvalue weighted by Gasteiger charge is 2.12. The van der Waals surface area contributed by atoms with E-state index < -0.39 is 0 Å². The van der Waals surface area contributed by atoms with Crippen LogP contribution in [0.4, 0.5) is 0 Å². The van der Waals surface area contributed by atoms with Crippen molar-refractivity contribution in [3.63, 3.8) is 0 Å². The van der Waals surface area contributed by atoms with Crippen LogP contribution in [0.15, 0.2) is 18.2 Å². The molecule has 1 aromatic carbocycles. The number of halogens is 1. The summed E-state index contributed by atoms with van der Waals surface area (Å²) in [6, 6.07) is 5.52. The van der Waals surface area contributed by atoms with Gasteiger partial charge in [0.05, 0.1) is 7.11 Å². The first kappa shape index (κ1) is 12.7. The first-order valence-corrected chi connectivity index (χ1v) is 6.39. The van der Waals surface area contributed by atoms with E-state index in [1.165, 1.54) is 0 Å². The lowest BCUT2D eigenvalue weighted by atomic mass is 10.1. The van der Waals surface area contributed by atoms with Crippen molar-refractivity contribution in [1.82, 2.24) is 0 Å². The van der Waals surface area contributed by atoms with E-state index in [0.717, 1.165) is 22.8 Å². The van der Waals surface area contributed by atoms with Crippen LogP contribution in [-0.2, 0) is 0 Å². The molecule has 2 N–H and O–H groups in total. The minimum absolute atomic E-state index is 0.0244. The molecule has 2 nitrogen and oxygen atoms in total. The Morgan fingerprint density at radius 2 is 2.27 bits per heavy atom. The smallest absolute Gasteiger partial charge is 0.123 e. The third-order valence-electron chi connectivity index (χ3n) is 2.09. The van der Waals surface area contributed by atoms with Crippen LogP contribution >= 0.6 is 23.4 Å². The van der Waals surface area contributed by atoms with Gasteiger partial charge in [0.1, 0.15) is 5.75 Å². The molecule has 0 bridgehead atoms. The maximum atomic E-state index is 6.07. The van der Waals surface area contributed by atoms with E-state index in [1.54, 1.807) is 7.11 Å². The van der Waals surface area contributed by atoms with Crippen molar-refractivity contribution in [3.05, 3.63) is 28.8 Å². The molecule has 0 fully saturated rings. The Morgan fingerprint density at radius 3 is 2.87 bits per heavy atom. The second-order valence-corrected chi connectivity index (χ2v) is 4.91. The van der Waals surface area contributed by atoms with E-state index in [0.29, 0.717) is 5.02 Å². The largest absolute Gasteiger partial charge is 0.496 e. The van der Waals surface area contributed by atoms with Gasteiger partial charge < -0.3 is 10.5 Å². The molecule has 0 radical (unpaired) electrons. The molecule has 4 heteroatoms. The number of rotatable bonds is 5. The van der Waals surface area contributed by atoms with Gasteiger partial charge in [0.15, 0.2) is 0 Å². The number of ether oxygens (including phenoxy) is 1. The van der Waals surface area contributed by atoms with E-state index in [9.17, 15) is 0 Å². The predicted octanol–water partition coefficient (Wildman–Crippen LogP) is 3.10. The summed E-state index contributed by atoms with van der Waals surface area (Å²) in [6.07, 6.45) is 0. The van der Waals surface area contributed by atoms with Gasteiger partial charge in [-0.25, -0.2) is 0 Å². The molecule has 1 unspecified atom stereocenters. The van der Waals surface area contributed by atoms with E-state index in [1.807, 2.05) is 30.0 Å². The highest BCUT2D eigenvalue weighted by atomic mass is 35.5. The molecule has 0 aromatic heterocycles. The zero-order valence-electron chi connectivity index (χ0n) is 9.00. The van der Waals surface area contributed by atoms with Crippen molar-refractivity contribution in [2.45, 2.75) is 13.0 Å². The topological polar surface area (TPSA) is 35.2 Å². The summed E-state index contributed by atoms with van der Waals surface area (Å²) in [5.74, 6) is 2.76. The summed E-state index contributed by atoms with van der Waals surface area (Å²) in [5.41, 5.74) is 7.04. The molecule has 0 saturated heterocycles. The van der Waals surface area contributed by atoms with Gasteiger partial charge in [0.2, 0.25) is 0 Å². The van der Waals surface area contributed by atoms with Gasteiger partial charge in [-0.1, -0.05) is 18.5 Å². The summed E-state index contributed by atoms with van der Waals surface area (Å²) < 4.78 is 5.25. The van der Waals surface area contributed by atoms with Gasteiger partial charge in [-0.2, -0.15) is 11.8 Å². The molecule has 0 saturated carbocycles. The van der Waals surface area contributed by atoms with E-state index >= 15 is 0 Å². The van der Waals surface area contributed by atoms with Gasteiger partial charge in [0.25, 0.3) is 0 Å². The first-order chi connectivity index (χ1) is 7.19. The fourth-order valence-electron chi connectivity index (χ4n) is 1.33. The minimum Gasteiger partial charge on any atom is -0.496 e. The van der Waals surface area contributed by atoms with Crippen LogP contribution in [-0.4, -0.2) is 18.6 Å². The summed E-state index contributed by atoms with van der Waals surface area (Å²) in [6.45, 7) is 2.12. The van der Waals surface area contributed by atoms with Crippen molar-refractivity contribution in [3.8, 4) is 5.75 Å². The molecule has 15 heavy (non-hydrogen) atoms. The lowest BCUT2D eigenvalue weighted by Gasteiger charge is -2.15. The van der Waals surface area contributed by atoms with Gasteiger partial charge >= 0.3 is 0 Å². The summed E-state index contributed by atoms with van der Waals surface area (Å²) >= 11 is 7.75. The van der Waals surface area contributed by atoms with Gasteiger partial charge in [0, 0.05) is 22.4 Å². The quantitative estimate of drug-likeness (QED) is 0.866. The van der Waals surface area contributed by atoms with Crippen LogP contribution in [0.2, 0.25) is 5.02 Å². The molecule has 1 atom stereocenters. The van der Waals surface area contributed by atoms with Crippen LogP contribution in [0.5, 0.6) is 5.75 Å². The molecule has 0 aliphatic heterocycles. The average Bonchev–Trinajstić information content (AvgIpc) is 2.25. The maximum absolute atomic E-state index is 6.07. The second kappa shape index (κ2) is 6.26. The highest BCUT2D eigenvalue weighted by molar-refractivity contribution is 7.99. The molecule has 0 aliphatic rings. The van der Waals surface area contributed by atoms with E-state index in [-0.39, 0.29) is 6.04 Å². The number of methoxy groups -OCH3 is 1. The number of benzene rings is 1. The standard InChI is InChI=1S/C11H16ClNOS/c1-3-15-7-10(13)9-6-8(12)4-5-11(9)14-2/h4-6,10H,3,7,13H2,1-2H3. The van der Waals surface area contributed by atoms with Crippen LogP contribution < -0.4 is 10.5 Å². The Morgan fingerprint density at radius 1 is 1.53 bits per heavy atom. The lowest BCUT2D eigenvalue weighted by molar-refractivity contribution is 0.407. The van der Waals surface area contributed by atoms with E-state index in [4.69, 9.17) is 22.1 Å². The summed E-state index contributed by atoms with van der Waals surface area (Å²) in [4.78, 5) is 0. The number of hydrogen-bond acceptors (Lipinski definition) is 3. The van der Waals surface area contributed by atoms with Crippen molar-refractivity contribution in [1.29, 1.82) is 0 Å². The number of nitrogens with two attached hydrogens (primary N) is 1. The zero-order valence-corrected chi connectivity index (χ0v) is 10.6. The number of thioether (sulfide) groups is 1. The second-order valence-electron chi connectivity index (χ2n) is 3.15. The molecular formula is C11H16ClNOS. The molecule has 84 valence electrons. The third-order valence-corrected chi connectivity index (χ3v) is 3.33. The first-order valence-electron chi connectivity index (χ1n) is 4.85. The molecule has 0 aliphatic carbocycles. The highest BCUT2D eigenvalue weighted by Crippen LogP contribution is 2.28. The van der Waals surface area contributed by atoms with Crippen LogP contribution in [0.1, 0.15) is 18.5 Å². The lowest BCUT2D eigenvalue weighted by Crippen LogP contribution is -2.14. The molecule has 0 heterocycles. The molecule has 0 spiro atoms. The van der Waals surface area contributed by atoms with Gasteiger partial charge in [-0.15, -0.1) is 0 Å². The molecular weight excluding hydrogens is 230 g/mol. The maximum Gasteiger partial charge on any atom is 0.123 e. The van der Waals surface area contributed by atoms with E-state index in [2.05, 4.69) is 6.92 Å². The predicted molar refractivity (Wildman–Crippen MR) is 67.9 cm³/mol. The fourth-order valence-corrected chi connectivity index (χ4v) is 2.18. The van der Waals surface area contributed by atoms with Crippen LogP contribution in [0.3, 0.4) is 0 Å². The van der Waals surface area contributed by atoms with Crippen molar-refractivity contribution in [2.75, 3.05) is 18.6 Å². The number of hydrogen-bond donors (Lipinski definition) is 1. The molecule has 1 aromatic rings.